The Kier molecular flexibility index (Phi) is 5.73. The quantitative estimate of drug-likeness (QED) is 0.202. The van der Waals surface area contributed by atoms with Crippen molar-refractivity contribution < 1.29 is 23.5 Å². The molecule has 4 aromatic carbocycles. The van der Waals surface area contributed by atoms with Crippen molar-refractivity contribution in [2.24, 2.45) is 5.41 Å². The zero-order valence-corrected chi connectivity index (χ0v) is 22.6. The standard InChI is InChI=1S/C34H23ClFNO4/c1-41-24-6-4-5-21(18-24)29-30(31(38)19-9-13-23(36)14-10-19)37-27-15-12-22(35)17-20(27)11-16-28(37)34(29)32(39)25-7-2-3-8-26(25)33(34)40/h2-18,28-30H,1H3/t28-,29+,30+/m1/s1. The maximum atomic E-state index is 14.6. The van der Waals surface area contributed by atoms with Gasteiger partial charge in [-0.2, -0.15) is 0 Å². The van der Waals surface area contributed by atoms with Crippen molar-refractivity contribution in [3.8, 4) is 5.75 Å². The second-order valence-corrected chi connectivity index (χ2v) is 11.0. The molecule has 0 unspecified atom stereocenters. The molecule has 2 heterocycles. The van der Waals surface area contributed by atoms with Gasteiger partial charge in [0.15, 0.2) is 17.3 Å². The van der Waals surface area contributed by atoms with E-state index in [4.69, 9.17) is 16.3 Å². The summed E-state index contributed by atoms with van der Waals surface area (Å²) in [7, 11) is 1.54. The van der Waals surface area contributed by atoms with E-state index in [0.717, 1.165) is 5.56 Å². The van der Waals surface area contributed by atoms with Gasteiger partial charge in [-0.25, -0.2) is 4.39 Å². The van der Waals surface area contributed by atoms with Gasteiger partial charge in [-0.15, -0.1) is 0 Å². The van der Waals surface area contributed by atoms with E-state index < -0.39 is 29.2 Å². The lowest BCUT2D eigenvalue weighted by atomic mass is 9.64. The van der Waals surface area contributed by atoms with E-state index in [-0.39, 0.29) is 22.9 Å². The molecule has 2 aliphatic heterocycles. The predicted octanol–water partition coefficient (Wildman–Crippen LogP) is 6.80. The highest BCUT2D eigenvalue weighted by atomic mass is 35.5. The second-order valence-electron chi connectivity index (χ2n) is 10.6. The van der Waals surface area contributed by atoms with Crippen LogP contribution < -0.4 is 9.64 Å². The zero-order valence-electron chi connectivity index (χ0n) is 21.9. The van der Waals surface area contributed by atoms with Crippen LogP contribution in [-0.2, 0) is 0 Å². The Labute approximate surface area is 240 Å². The molecule has 1 fully saturated rings. The van der Waals surface area contributed by atoms with Gasteiger partial charge in [0.1, 0.15) is 23.0 Å². The summed E-state index contributed by atoms with van der Waals surface area (Å²) in [6.07, 6.45) is 3.70. The van der Waals surface area contributed by atoms with Crippen LogP contribution in [0.5, 0.6) is 5.75 Å². The highest BCUT2D eigenvalue weighted by Gasteiger charge is 2.71. The summed E-state index contributed by atoms with van der Waals surface area (Å²) in [5.41, 5.74) is 1.40. The Hall–Kier alpha value is -4.55. The van der Waals surface area contributed by atoms with Crippen molar-refractivity contribution in [3.63, 3.8) is 0 Å². The van der Waals surface area contributed by atoms with Gasteiger partial charge < -0.3 is 9.64 Å². The number of ketones is 3. The number of carbonyl (C=O) groups excluding carboxylic acids is 3. The number of rotatable bonds is 4. The van der Waals surface area contributed by atoms with Crippen LogP contribution in [0.15, 0.2) is 97.1 Å². The van der Waals surface area contributed by atoms with E-state index in [2.05, 4.69) is 0 Å². The van der Waals surface area contributed by atoms with Crippen LogP contribution in [-0.4, -0.2) is 36.5 Å². The number of ether oxygens (including phenoxy) is 1. The first-order valence-corrected chi connectivity index (χ1v) is 13.6. The Morgan fingerprint density at radius 2 is 1.61 bits per heavy atom. The summed E-state index contributed by atoms with van der Waals surface area (Å²) in [6.45, 7) is 0. The second kappa shape index (κ2) is 9.25. The van der Waals surface area contributed by atoms with E-state index in [1.54, 1.807) is 61.7 Å². The number of nitrogens with zero attached hydrogens (tertiary/aromatic N) is 1. The van der Waals surface area contributed by atoms with Gasteiger partial charge in [-0.1, -0.05) is 60.2 Å². The summed E-state index contributed by atoms with van der Waals surface area (Å²) in [6, 6.07) is 23.0. The van der Waals surface area contributed by atoms with Crippen LogP contribution in [0.1, 0.15) is 48.1 Å². The largest absolute Gasteiger partial charge is 0.497 e. The normalized spacial score (nSPS) is 21.5. The molecular formula is C34H23ClFNO4. The zero-order chi connectivity index (χ0) is 28.5. The van der Waals surface area contributed by atoms with Crippen molar-refractivity contribution in [2.75, 3.05) is 12.0 Å². The van der Waals surface area contributed by atoms with E-state index >= 15 is 0 Å². The first-order valence-electron chi connectivity index (χ1n) is 13.2. The number of methoxy groups -OCH3 is 1. The van der Waals surface area contributed by atoms with Gasteiger partial charge in [0.05, 0.1) is 13.2 Å². The van der Waals surface area contributed by atoms with Crippen LogP contribution in [0, 0.1) is 11.2 Å². The first kappa shape index (κ1) is 25.4. The van der Waals surface area contributed by atoms with Crippen LogP contribution in [0.2, 0.25) is 5.02 Å². The number of fused-ring (bicyclic) bond motifs is 5. The lowest BCUT2D eigenvalue weighted by Crippen LogP contribution is -2.48. The summed E-state index contributed by atoms with van der Waals surface area (Å²) in [5.74, 6) is -1.79. The molecule has 1 spiro atoms. The lowest BCUT2D eigenvalue weighted by molar-refractivity contribution is 0.0665. The fourth-order valence-corrected chi connectivity index (χ4v) is 7.12. The Balaban J connectivity index is 1.55. The lowest BCUT2D eigenvalue weighted by Gasteiger charge is -2.37. The molecule has 0 radical (unpaired) electrons. The number of benzene rings is 4. The molecule has 1 saturated heterocycles. The molecule has 4 aromatic rings. The van der Waals surface area contributed by atoms with Gasteiger partial charge in [0.2, 0.25) is 0 Å². The third kappa shape index (κ3) is 3.50. The van der Waals surface area contributed by atoms with Gasteiger partial charge >= 0.3 is 0 Å². The molecule has 0 amide bonds. The van der Waals surface area contributed by atoms with Gasteiger partial charge in [-0.3, -0.25) is 14.4 Å². The Morgan fingerprint density at radius 3 is 2.29 bits per heavy atom. The minimum absolute atomic E-state index is 0.278. The highest BCUT2D eigenvalue weighted by molar-refractivity contribution is 6.32. The van der Waals surface area contributed by atoms with Gasteiger partial charge in [-0.05, 0) is 65.7 Å². The SMILES string of the molecule is COc1cccc([C@H]2[C@@H](C(=O)c3ccc(F)cc3)N3c4ccc(Cl)cc4C=C[C@@H]3C23C(=O)c2ccccc2C3=O)c1. The number of Topliss-reactive ketones (excluding diaryl/α,β-unsaturated/α-hetero) is 3. The molecule has 1 aliphatic carbocycles. The minimum Gasteiger partial charge on any atom is -0.497 e. The van der Waals surface area contributed by atoms with E-state index in [1.165, 1.54) is 24.3 Å². The molecule has 7 heteroatoms. The van der Waals surface area contributed by atoms with Crippen LogP contribution >= 0.6 is 11.6 Å². The van der Waals surface area contributed by atoms with Crippen molar-refractivity contribution in [1.29, 1.82) is 0 Å². The van der Waals surface area contributed by atoms with Crippen molar-refractivity contribution in [3.05, 3.63) is 136 Å². The average Bonchev–Trinajstić information content (AvgIpc) is 3.43. The number of carbonyl (C=O) groups is 3. The highest BCUT2D eigenvalue weighted by Crippen LogP contribution is 2.61. The van der Waals surface area contributed by atoms with Crippen molar-refractivity contribution in [2.45, 2.75) is 18.0 Å². The molecule has 41 heavy (non-hydrogen) atoms. The molecular weight excluding hydrogens is 541 g/mol. The molecule has 7 rings (SSSR count). The third-order valence-corrected chi connectivity index (χ3v) is 8.85. The fourth-order valence-electron chi connectivity index (χ4n) is 6.94. The topological polar surface area (TPSA) is 63.7 Å². The predicted molar refractivity (Wildman–Crippen MR) is 155 cm³/mol. The van der Waals surface area contributed by atoms with Gasteiger partial charge in [0.25, 0.3) is 0 Å². The molecule has 3 aliphatic rings. The van der Waals surface area contributed by atoms with E-state index in [1.807, 2.05) is 29.2 Å². The van der Waals surface area contributed by atoms with Crippen LogP contribution in [0.4, 0.5) is 10.1 Å². The number of anilines is 1. The molecule has 0 saturated carbocycles. The van der Waals surface area contributed by atoms with E-state index in [0.29, 0.717) is 33.1 Å². The Morgan fingerprint density at radius 1 is 0.902 bits per heavy atom. The third-order valence-electron chi connectivity index (χ3n) is 8.62. The number of halogens is 2. The first-order chi connectivity index (χ1) is 19.9. The molecule has 3 atom stereocenters. The molecule has 0 aromatic heterocycles. The molecule has 5 nitrogen and oxygen atoms in total. The molecule has 0 bridgehead atoms. The Bertz CT molecular complexity index is 1760. The van der Waals surface area contributed by atoms with Crippen molar-refractivity contribution in [1.82, 2.24) is 0 Å². The molecule has 0 N–H and O–H groups in total. The maximum Gasteiger partial charge on any atom is 0.185 e. The summed E-state index contributed by atoms with van der Waals surface area (Å²) >= 11 is 6.34. The summed E-state index contributed by atoms with van der Waals surface area (Å²) < 4.78 is 19.4. The molecule has 202 valence electrons. The van der Waals surface area contributed by atoms with Crippen LogP contribution in [0.3, 0.4) is 0 Å². The summed E-state index contributed by atoms with van der Waals surface area (Å²) in [5, 5.41) is 0.520. The monoisotopic (exact) mass is 563 g/mol. The maximum absolute atomic E-state index is 14.6. The smallest absolute Gasteiger partial charge is 0.185 e. The van der Waals surface area contributed by atoms with Crippen molar-refractivity contribution >= 4 is 40.7 Å². The van der Waals surface area contributed by atoms with E-state index in [9.17, 15) is 18.8 Å². The average molecular weight is 564 g/mol. The number of hydrogen-bond acceptors (Lipinski definition) is 5. The number of hydrogen-bond donors (Lipinski definition) is 0. The van der Waals surface area contributed by atoms with Crippen LogP contribution in [0.25, 0.3) is 6.08 Å². The fraction of sp³-hybridized carbons (Fsp3) is 0.147. The summed E-state index contributed by atoms with van der Waals surface area (Å²) in [4.78, 5) is 45.8. The van der Waals surface area contributed by atoms with Gasteiger partial charge in [0, 0.05) is 33.3 Å². The minimum atomic E-state index is -1.63.